The van der Waals surface area contributed by atoms with Gasteiger partial charge in [-0.25, -0.2) is 0 Å². The lowest BCUT2D eigenvalue weighted by Crippen LogP contribution is -2.40. The van der Waals surface area contributed by atoms with E-state index in [1.165, 1.54) is 0 Å². The van der Waals surface area contributed by atoms with Crippen molar-refractivity contribution in [2.75, 3.05) is 0 Å². The number of carbonyl (C=O) groups excluding carboxylic acids is 1. The molecule has 94 valence electrons. The molecule has 17 heavy (non-hydrogen) atoms. The highest BCUT2D eigenvalue weighted by atomic mass is 16.3. The SMILES string of the molecule is Cn1nccc1CCC(=O)C1(O)CCCCC1. The van der Waals surface area contributed by atoms with Crippen LogP contribution in [0, 0.1) is 0 Å². The van der Waals surface area contributed by atoms with E-state index in [0.717, 1.165) is 25.0 Å². The molecule has 1 N–H and O–H groups in total. The van der Waals surface area contributed by atoms with Gasteiger partial charge in [-0.3, -0.25) is 9.48 Å². The Morgan fingerprint density at radius 2 is 2.18 bits per heavy atom. The van der Waals surface area contributed by atoms with Crippen LogP contribution in [0.4, 0.5) is 0 Å². The monoisotopic (exact) mass is 236 g/mol. The molecule has 1 aliphatic carbocycles. The Balaban J connectivity index is 1.91. The molecule has 1 fully saturated rings. The summed E-state index contributed by atoms with van der Waals surface area (Å²) in [6, 6.07) is 1.91. The van der Waals surface area contributed by atoms with Crippen molar-refractivity contribution >= 4 is 5.78 Å². The Morgan fingerprint density at radius 3 is 2.76 bits per heavy atom. The molecule has 0 atom stereocenters. The van der Waals surface area contributed by atoms with Crippen LogP contribution in [-0.2, 0) is 18.3 Å². The minimum absolute atomic E-state index is 0.00148. The van der Waals surface area contributed by atoms with Crippen molar-refractivity contribution in [1.29, 1.82) is 0 Å². The van der Waals surface area contributed by atoms with E-state index in [-0.39, 0.29) is 5.78 Å². The molecular weight excluding hydrogens is 216 g/mol. The van der Waals surface area contributed by atoms with Crippen molar-refractivity contribution in [2.45, 2.75) is 50.5 Å². The summed E-state index contributed by atoms with van der Waals surface area (Å²) in [5, 5.41) is 14.3. The second-order valence-corrected chi connectivity index (χ2v) is 4.96. The van der Waals surface area contributed by atoms with Gasteiger partial charge in [-0.2, -0.15) is 5.10 Å². The normalized spacial score (nSPS) is 19.2. The van der Waals surface area contributed by atoms with E-state index in [9.17, 15) is 9.90 Å². The highest BCUT2D eigenvalue weighted by Gasteiger charge is 2.36. The molecule has 0 spiro atoms. The third-order valence-electron chi connectivity index (χ3n) is 3.73. The van der Waals surface area contributed by atoms with Crippen molar-refractivity contribution in [1.82, 2.24) is 9.78 Å². The van der Waals surface area contributed by atoms with Gasteiger partial charge in [0.15, 0.2) is 5.78 Å². The molecule has 1 aromatic rings. The van der Waals surface area contributed by atoms with Gasteiger partial charge in [0, 0.05) is 25.4 Å². The number of nitrogens with zero attached hydrogens (tertiary/aromatic N) is 2. The standard InChI is InChI=1S/C13H20N2O2/c1-15-11(7-10-14-15)5-6-12(16)13(17)8-3-2-4-9-13/h7,10,17H,2-6,8-9H2,1H3. The molecule has 4 nitrogen and oxygen atoms in total. The highest BCUT2D eigenvalue weighted by Crippen LogP contribution is 2.30. The fourth-order valence-electron chi connectivity index (χ4n) is 2.54. The molecule has 1 aliphatic rings. The molecule has 0 aromatic carbocycles. The van der Waals surface area contributed by atoms with Gasteiger partial charge in [-0.15, -0.1) is 0 Å². The summed E-state index contributed by atoms with van der Waals surface area (Å²) in [5.74, 6) is -0.00148. The number of carbonyl (C=O) groups is 1. The third-order valence-corrected chi connectivity index (χ3v) is 3.73. The minimum Gasteiger partial charge on any atom is -0.382 e. The van der Waals surface area contributed by atoms with Crippen LogP contribution in [0.3, 0.4) is 0 Å². The van der Waals surface area contributed by atoms with Gasteiger partial charge in [0.25, 0.3) is 0 Å². The van der Waals surface area contributed by atoms with E-state index >= 15 is 0 Å². The van der Waals surface area contributed by atoms with Crippen molar-refractivity contribution in [3.05, 3.63) is 18.0 Å². The molecule has 0 bridgehead atoms. The zero-order valence-electron chi connectivity index (χ0n) is 10.4. The van der Waals surface area contributed by atoms with Gasteiger partial charge in [-0.05, 0) is 25.3 Å². The second-order valence-electron chi connectivity index (χ2n) is 4.96. The molecule has 0 saturated heterocycles. The summed E-state index contributed by atoms with van der Waals surface area (Å²) in [4.78, 5) is 12.0. The summed E-state index contributed by atoms with van der Waals surface area (Å²) in [6.07, 6.45) is 7.15. The number of ketones is 1. The van der Waals surface area contributed by atoms with Gasteiger partial charge in [0.1, 0.15) is 5.60 Å². The number of aromatic nitrogens is 2. The number of hydrogen-bond donors (Lipinski definition) is 1. The van der Waals surface area contributed by atoms with Crippen LogP contribution in [0.25, 0.3) is 0 Å². The van der Waals surface area contributed by atoms with Crippen molar-refractivity contribution in [3.63, 3.8) is 0 Å². The van der Waals surface area contributed by atoms with Crippen molar-refractivity contribution in [3.8, 4) is 0 Å². The van der Waals surface area contributed by atoms with Crippen molar-refractivity contribution in [2.24, 2.45) is 7.05 Å². The van der Waals surface area contributed by atoms with Crippen LogP contribution in [0.15, 0.2) is 12.3 Å². The molecule has 2 rings (SSSR count). The maximum absolute atomic E-state index is 12.0. The largest absolute Gasteiger partial charge is 0.382 e. The van der Waals surface area contributed by atoms with Crippen LogP contribution in [0.5, 0.6) is 0 Å². The molecule has 1 heterocycles. The summed E-state index contributed by atoms with van der Waals surface area (Å²) < 4.78 is 1.78. The number of rotatable bonds is 4. The molecule has 0 amide bonds. The number of hydrogen-bond acceptors (Lipinski definition) is 3. The Morgan fingerprint density at radius 1 is 1.47 bits per heavy atom. The number of Topliss-reactive ketones (excluding diaryl/α,β-unsaturated/α-hetero) is 1. The fraction of sp³-hybridized carbons (Fsp3) is 0.692. The molecule has 0 radical (unpaired) electrons. The molecule has 0 aliphatic heterocycles. The van der Waals surface area contributed by atoms with E-state index in [2.05, 4.69) is 5.10 Å². The first-order valence-corrected chi connectivity index (χ1v) is 6.34. The van der Waals surface area contributed by atoms with Gasteiger partial charge < -0.3 is 5.11 Å². The first kappa shape index (κ1) is 12.3. The summed E-state index contributed by atoms with van der Waals surface area (Å²) in [6.45, 7) is 0. The van der Waals surface area contributed by atoms with E-state index in [1.807, 2.05) is 13.1 Å². The number of aryl methyl sites for hydroxylation is 2. The Bertz CT molecular complexity index is 392. The predicted molar refractivity (Wildman–Crippen MR) is 64.6 cm³/mol. The fourth-order valence-corrected chi connectivity index (χ4v) is 2.54. The number of aliphatic hydroxyl groups is 1. The van der Waals surface area contributed by atoms with Gasteiger partial charge in [0.05, 0.1) is 0 Å². The Kier molecular flexibility index (Phi) is 3.62. The molecule has 4 heteroatoms. The Hall–Kier alpha value is -1.16. The molecule has 1 aromatic heterocycles. The van der Waals surface area contributed by atoms with E-state index in [4.69, 9.17) is 0 Å². The van der Waals surface area contributed by atoms with E-state index < -0.39 is 5.60 Å². The molecule has 1 saturated carbocycles. The second kappa shape index (κ2) is 5.00. The average Bonchev–Trinajstić information content (AvgIpc) is 2.73. The van der Waals surface area contributed by atoms with Crippen molar-refractivity contribution < 1.29 is 9.90 Å². The highest BCUT2D eigenvalue weighted by molar-refractivity contribution is 5.87. The first-order valence-electron chi connectivity index (χ1n) is 6.34. The zero-order chi connectivity index (χ0) is 12.3. The maximum atomic E-state index is 12.0. The smallest absolute Gasteiger partial charge is 0.164 e. The van der Waals surface area contributed by atoms with Crippen LogP contribution in [0.1, 0.15) is 44.2 Å². The lowest BCUT2D eigenvalue weighted by atomic mass is 9.80. The van der Waals surface area contributed by atoms with Crippen LogP contribution in [-0.4, -0.2) is 26.3 Å². The Labute approximate surface area is 102 Å². The lowest BCUT2D eigenvalue weighted by Gasteiger charge is -2.30. The lowest BCUT2D eigenvalue weighted by molar-refractivity contribution is -0.140. The van der Waals surface area contributed by atoms with E-state index in [0.29, 0.717) is 25.7 Å². The first-order chi connectivity index (χ1) is 8.12. The van der Waals surface area contributed by atoms with Crippen LogP contribution < -0.4 is 0 Å². The van der Waals surface area contributed by atoms with Gasteiger partial charge in [-0.1, -0.05) is 19.3 Å². The summed E-state index contributed by atoms with van der Waals surface area (Å²) in [5.41, 5.74) is -0.00521. The van der Waals surface area contributed by atoms with Gasteiger partial charge in [0.2, 0.25) is 0 Å². The minimum atomic E-state index is -1.04. The van der Waals surface area contributed by atoms with Crippen LogP contribution >= 0.6 is 0 Å². The average molecular weight is 236 g/mol. The predicted octanol–water partition coefficient (Wildman–Crippen LogP) is 1.62. The molecular formula is C13H20N2O2. The van der Waals surface area contributed by atoms with E-state index in [1.54, 1.807) is 10.9 Å². The summed E-state index contributed by atoms with van der Waals surface area (Å²) in [7, 11) is 1.87. The summed E-state index contributed by atoms with van der Waals surface area (Å²) >= 11 is 0. The quantitative estimate of drug-likeness (QED) is 0.864. The van der Waals surface area contributed by atoms with Crippen LogP contribution in [0.2, 0.25) is 0 Å². The third kappa shape index (κ3) is 2.75. The molecule has 0 unspecified atom stereocenters. The zero-order valence-corrected chi connectivity index (χ0v) is 10.4. The maximum Gasteiger partial charge on any atom is 0.164 e. The topological polar surface area (TPSA) is 55.1 Å². The van der Waals surface area contributed by atoms with Gasteiger partial charge >= 0.3 is 0 Å².